The fraction of sp³-hybridized carbons (Fsp3) is 0.500. The third-order valence-electron chi connectivity index (χ3n) is 1.99. The van der Waals surface area contributed by atoms with Crippen LogP contribution in [0.25, 0.3) is 0 Å². The fourth-order valence-electron chi connectivity index (χ4n) is 1.29. The molecule has 0 radical (unpaired) electrons. The first-order valence-corrected chi connectivity index (χ1v) is 5.43. The highest BCUT2D eigenvalue weighted by atomic mass is 32.1. The molecule has 13 heavy (non-hydrogen) atoms. The molecule has 0 bridgehead atoms. The monoisotopic (exact) mass is 198 g/mol. The Kier molecular flexibility index (Phi) is 3.96. The molecule has 1 aromatic rings. The molecule has 1 aromatic heterocycles. The van der Waals surface area contributed by atoms with Gasteiger partial charge in [-0.2, -0.15) is 0 Å². The van der Waals surface area contributed by atoms with Crippen molar-refractivity contribution in [3.63, 3.8) is 0 Å². The topological polar surface area (TPSA) is 37.3 Å². The van der Waals surface area contributed by atoms with Gasteiger partial charge in [-0.15, -0.1) is 11.3 Å². The molecule has 1 N–H and O–H groups in total. The third kappa shape index (κ3) is 2.84. The molecular formula is C10H14O2S. The summed E-state index contributed by atoms with van der Waals surface area (Å²) in [5, 5.41) is 10.7. The van der Waals surface area contributed by atoms with Gasteiger partial charge < -0.3 is 5.11 Å². The maximum atomic E-state index is 10.7. The van der Waals surface area contributed by atoms with Crippen LogP contribution in [0.1, 0.15) is 41.4 Å². The van der Waals surface area contributed by atoms with E-state index in [0.717, 1.165) is 18.4 Å². The van der Waals surface area contributed by atoms with Gasteiger partial charge in [-0.25, -0.2) is 4.79 Å². The van der Waals surface area contributed by atoms with E-state index in [0.29, 0.717) is 4.88 Å². The van der Waals surface area contributed by atoms with Crippen LogP contribution in [-0.4, -0.2) is 11.1 Å². The Balaban J connectivity index is 2.55. The van der Waals surface area contributed by atoms with E-state index in [1.165, 1.54) is 24.2 Å². The molecule has 2 nitrogen and oxygen atoms in total. The number of aromatic carboxylic acids is 1. The van der Waals surface area contributed by atoms with Crippen LogP contribution in [0.15, 0.2) is 11.4 Å². The van der Waals surface area contributed by atoms with Crippen molar-refractivity contribution >= 4 is 17.3 Å². The Morgan fingerprint density at radius 1 is 1.54 bits per heavy atom. The van der Waals surface area contributed by atoms with Crippen molar-refractivity contribution in [2.75, 3.05) is 0 Å². The molecule has 1 rings (SSSR count). The van der Waals surface area contributed by atoms with Crippen LogP contribution in [0.3, 0.4) is 0 Å². The molecule has 0 aliphatic heterocycles. The van der Waals surface area contributed by atoms with E-state index < -0.39 is 5.97 Å². The molecular weight excluding hydrogens is 184 g/mol. The summed E-state index contributed by atoms with van der Waals surface area (Å²) < 4.78 is 0. The van der Waals surface area contributed by atoms with Gasteiger partial charge in [0.2, 0.25) is 0 Å². The highest BCUT2D eigenvalue weighted by Gasteiger charge is 2.10. The summed E-state index contributed by atoms with van der Waals surface area (Å²) in [5.74, 6) is -0.790. The summed E-state index contributed by atoms with van der Waals surface area (Å²) in [4.78, 5) is 11.2. The van der Waals surface area contributed by atoms with Crippen molar-refractivity contribution < 1.29 is 9.90 Å². The standard InChI is InChI=1S/C10H14O2S/c1-2-3-4-5-8-6-7-13-9(8)10(11)12/h6-7H,2-5H2,1H3,(H,11,12). The van der Waals surface area contributed by atoms with Gasteiger partial charge in [0, 0.05) is 0 Å². The van der Waals surface area contributed by atoms with E-state index in [9.17, 15) is 4.79 Å². The molecule has 0 aliphatic carbocycles. The zero-order valence-electron chi connectivity index (χ0n) is 7.75. The van der Waals surface area contributed by atoms with Gasteiger partial charge in [-0.3, -0.25) is 0 Å². The first-order valence-electron chi connectivity index (χ1n) is 4.55. The molecule has 72 valence electrons. The van der Waals surface area contributed by atoms with Crippen molar-refractivity contribution in [2.45, 2.75) is 32.6 Å². The predicted molar refractivity (Wildman–Crippen MR) is 54.5 cm³/mol. The minimum atomic E-state index is -0.790. The number of carboxylic acids is 1. The van der Waals surface area contributed by atoms with Gasteiger partial charge in [-0.05, 0) is 29.9 Å². The number of carboxylic acid groups (broad SMARTS) is 1. The van der Waals surface area contributed by atoms with E-state index in [1.54, 1.807) is 0 Å². The Bertz CT molecular complexity index is 278. The molecule has 0 atom stereocenters. The number of hydrogen-bond donors (Lipinski definition) is 1. The second-order valence-corrected chi connectivity index (χ2v) is 3.95. The van der Waals surface area contributed by atoms with Gasteiger partial charge in [0.05, 0.1) is 0 Å². The van der Waals surface area contributed by atoms with E-state index in [4.69, 9.17) is 5.11 Å². The summed E-state index contributed by atoms with van der Waals surface area (Å²) in [6, 6.07) is 1.92. The molecule has 0 fully saturated rings. The summed E-state index contributed by atoms with van der Waals surface area (Å²) in [6.07, 6.45) is 4.34. The van der Waals surface area contributed by atoms with Crippen LogP contribution in [0.5, 0.6) is 0 Å². The van der Waals surface area contributed by atoms with Crippen molar-refractivity contribution in [1.29, 1.82) is 0 Å². The SMILES string of the molecule is CCCCCc1ccsc1C(=O)O. The Morgan fingerprint density at radius 3 is 2.92 bits per heavy atom. The molecule has 3 heteroatoms. The molecule has 0 aliphatic rings. The van der Waals surface area contributed by atoms with E-state index >= 15 is 0 Å². The molecule has 0 aromatic carbocycles. The van der Waals surface area contributed by atoms with Crippen molar-refractivity contribution in [3.05, 3.63) is 21.9 Å². The van der Waals surface area contributed by atoms with Crippen molar-refractivity contribution in [3.8, 4) is 0 Å². The van der Waals surface area contributed by atoms with Crippen LogP contribution in [0.4, 0.5) is 0 Å². The summed E-state index contributed by atoms with van der Waals surface area (Å²) >= 11 is 1.32. The minimum Gasteiger partial charge on any atom is -0.477 e. The normalized spacial score (nSPS) is 10.2. The number of carbonyl (C=O) groups is 1. The number of aryl methyl sites for hydroxylation is 1. The summed E-state index contributed by atoms with van der Waals surface area (Å²) in [6.45, 7) is 2.14. The average molecular weight is 198 g/mol. The van der Waals surface area contributed by atoms with Crippen molar-refractivity contribution in [1.82, 2.24) is 0 Å². The van der Waals surface area contributed by atoms with E-state index in [2.05, 4.69) is 6.92 Å². The van der Waals surface area contributed by atoms with Crippen LogP contribution in [0, 0.1) is 0 Å². The number of hydrogen-bond acceptors (Lipinski definition) is 2. The van der Waals surface area contributed by atoms with Crippen LogP contribution < -0.4 is 0 Å². The number of unbranched alkanes of at least 4 members (excludes halogenated alkanes) is 2. The van der Waals surface area contributed by atoms with Crippen LogP contribution in [0.2, 0.25) is 0 Å². The third-order valence-corrected chi connectivity index (χ3v) is 2.94. The van der Waals surface area contributed by atoms with E-state index in [1.807, 2.05) is 11.4 Å². The lowest BCUT2D eigenvalue weighted by Gasteiger charge is -1.98. The minimum absolute atomic E-state index is 0.510. The maximum Gasteiger partial charge on any atom is 0.346 e. The lowest BCUT2D eigenvalue weighted by molar-refractivity contribution is 0.0701. The van der Waals surface area contributed by atoms with E-state index in [-0.39, 0.29) is 0 Å². The largest absolute Gasteiger partial charge is 0.477 e. The highest BCUT2D eigenvalue weighted by Crippen LogP contribution is 2.18. The quantitative estimate of drug-likeness (QED) is 0.738. The van der Waals surface area contributed by atoms with Gasteiger partial charge in [-0.1, -0.05) is 19.8 Å². The highest BCUT2D eigenvalue weighted by molar-refractivity contribution is 7.12. The first-order chi connectivity index (χ1) is 6.25. The van der Waals surface area contributed by atoms with Gasteiger partial charge in [0.25, 0.3) is 0 Å². The Hall–Kier alpha value is -0.830. The van der Waals surface area contributed by atoms with Crippen LogP contribution in [-0.2, 0) is 6.42 Å². The lowest BCUT2D eigenvalue weighted by atomic mass is 10.1. The predicted octanol–water partition coefficient (Wildman–Crippen LogP) is 3.18. The Morgan fingerprint density at radius 2 is 2.31 bits per heavy atom. The van der Waals surface area contributed by atoms with Gasteiger partial charge in [0.1, 0.15) is 4.88 Å². The molecule has 0 unspecified atom stereocenters. The van der Waals surface area contributed by atoms with Crippen LogP contribution >= 0.6 is 11.3 Å². The molecule has 0 spiro atoms. The second-order valence-electron chi connectivity index (χ2n) is 3.04. The van der Waals surface area contributed by atoms with Crippen molar-refractivity contribution in [2.24, 2.45) is 0 Å². The molecule has 0 saturated heterocycles. The van der Waals surface area contributed by atoms with Gasteiger partial charge in [0.15, 0.2) is 0 Å². The van der Waals surface area contributed by atoms with Gasteiger partial charge >= 0.3 is 5.97 Å². The maximum absolute atomic E-state index is 10.7. The Labute approximate surface area is 82.2 Å². The lowest BCUT2D eigenvalue weighted by Crippen LogP contribution is -1.97. The average Bonchev–Trinajstić information content (AvgIpc) is 2.53. The number of rotatable bonds is 5. The summed E-state index contributed by atoms with van der Waals surface area (Å²) in [7, 11) is 0. The zero-order chi connectivity index (χ0) is 9.68. The number of thiophene rings is 1. The molecule has 0 amide bonds. The fourth-order valence-corrected chi connectivity index (χ4v) is 2.08. The first kappa shape index (κ1) is 10.3. The zero-order valence-corrected chi connectivity index (χ0v) is 8.56. The second kappa shape index (κ2) is 5.02. The molecule has 1 heterocycles. The smallest absolute Gasteiger partial charge is 0.346 e. The summed E-state index contributed by atoms with van der Waals surface area (Å²) in [5.41, 5.74) is 0.992. The molecule has 0 saturated carbocycles.